The van der Waals surface area contributed by atoms with Crippen molar-refractivity contribution in [1.82, 2.24) is 14.9 Å². The average molecular weight is 804 g/mol. The van der Waals surface area contributed by atoms with Crippen LogP contribution in [0.3, 0.4) is 0 Å². The van der Waals surface area contributed by atoms with Crippen LogP contribution >= 0.6 is 23.2 Å². The van der Waals surface area contributed by atoms with Gasteiger partial charge >= 0.3 is 6.18 Å². The van der Waals surface area contributed by atoms with Crippen LogP contribution in [-0.2, 0) is 30.8 Å². The number of aromatic nitrogens is 1. The van der Waals surface area contributed by atoms with Crippen LogP contribution in [0, 0.1) is 23.7 Å². The van der Waals surface area contributed by atoms with Gasteiger partial charge in [0.05, 0.1) is 33.8 Å². The highest BCUT2D eigenvalue weighted by atomic mass is 35.5. The number of carbonyl (C=O) groups is 4. The van der Waals surface area contributed by atoms with Gasteiger partial charge in [0.25, 0.3) is 11.8 Å². The number of carbonyl (C=O) groups excluding carboxylic acids is 4. The molecule has 2 N–H and O–H groups in total. The predicted molar refractivity (Wildman–Crippen MR) is 201 cm³/mol. The first-order chi connectivity index (χ1) is 26.8. The summed E-state index contributed by atoms with van der Waals surface area (Å²) in [5.74, 6) is -6.78. The summed E-state index contributed by atoms with van der Waals surface area (Å²) in [6.45, 7) is 0. The molecule has 9 rings (SSSR count). The molecule has 3 aromatic carbocycles. The number of fused-ring (bicyclic) bond motifs is 5. The summed E-state index contributed by atoms with van der Waals surface area (Å²) in [4.78, 5) is 64.4. The van der Waals surface area contributed by atoms with E-state index in [4.69, 9.17) is 23.2 Å². The standard InChI is InChI=1S/C42H35Cl2F3N4O5/c43-24-13-11-22(12-14-24)41-31(38(54)51(40(41)56)49-36-32(44)18-23(20-48-36)42(45,46)47)19-30-27(34(41)29-15-10-21-6-4-5-9-26(21)35(29)52)16-17-28-33(30)39(55)50(37(28)53)25-7-2-1-3-8-25/h4-6,9-16,18,20,25,28,30-31,33-34,52H,1-3,7-8,17,19H2,(H,48,49)/t28-,30+,31-,33-,34+,41+/m0/s1. The van der Waals surface area contributed by atoms with Gasteiger partial charge in [-0.25, -0.2) is 4.98 Å². The maximum absolute atomic E-state index is 15.5. The second-order valence-corrected chi connectivity index (χ2v) is 16.3. The number of phenolic OH excluding ortho intramolecular Hbond substituents is 1. The van der Waals surface area contributed by atoms with Crippen LogP contribution in [0.5, 0.6) is 5.75 Å². The monoisotopic (exact) mass is 802 g/mol. The molecular weight excluding hydrogens is 768 g/mol. The van der Waals surface area contributed by atoms with Crippen molar-refractivity contribution in [2.75, 3.05) is 5.43 Å². The topological polar surface area (TPSA) is 120 Å². The Hall–Kier alpha value is -4.94. The number of phenols is 1. The lowest BCUT2D eigenvalue weighted by atomic mass is 9.49. The number of nitrogens with one attached hydrogen (secondary N) is 1. The molecular formula is C42H35Cl2F3N4O5. The number of allylic oxidation sites excluding steroid dienone is 2. The normalized spacial score (nSPS) is 28.0. The zero-order chi connectivity index (χ0) is 39.3. The minimum Gasteiger partial charge on any atom is -0.507 e. The Bertz CT molecular complexity index is 2360. The van der Waals surface area contributed by atoms with Crippen molar-refractivity contribution in [3.8, 4) is 5.75 Å². The van der Waals surface area contributed by atoms with Crippen LogP contribution in [0.4, 0.5) is 19.0 Å². The van der Waals surface area contributed by atoms with E-state index in [0.717, 1.165) is 42.5 Å². The van der Waals surface area contributed by atoms with E-state index in [1.54, 1.807) is 42.5 Å². The van der Waals surface area contributed by atoms with Crippen LogP contribution in [0.25, 0.3) is 10.8 Å². The van der Waals surface area contributed by atoms with Crippen molar-refractivity contribution in [1.29, 1.82) is 0 Å². The van der Waals surface area contributed by atoms with E-state index in [1.807, 2.05) is 24.3 Å². The lowest BCUT2D eigenvalue weighted by Crippen LogP contribution is -2.53. The summed E-state index contributed by atoms with van der Waals surface area (Å²) in [6.07, 6.45) is 2.26. The third kappa shape index (κ3) is 5.39. The molecule has 3 heterocycles. The van der Waals surface area contributed by atoms with E-state index >= 15 is 4.79 Å². The van der Waals surface area contributed by atoms with Gasteiger partial charge < -0.3 is 5.11 Å². The maximum atomic E-state index is 15.5. The molecule has 4 fully saturated rings. The number of benzene rings is 3. The van der Waals surface area contributed by atoms with Crippen molar-refractivity contribution in [2.45, 2.75) is 68.5 Å². The number of alkyl halides is 3. The summed E-state index contributed by atoms with van der Waals surface area (Å²) in [5, 5.41) is 14.0. The van der Waals surface area contributed by atoms with Gasteiger partial charge in [0.15, 0.2) is 5.82 Å². The quantitative estimate of drug-likeness (QED) is 0.153. The van der Waals surface area contributed by atoms with Gasteiger partial charge in [0.1, 0.15) is 5.75 Å². The number of hydrogen-bond donors (Lipinski definition) is 2. The highest BCUT2D eigenvalue weighted by molar-refractivity contribution is 6.33. The maximum Gasteiger partial charge on any atom is 0.417 e. The van der Waals surface area contributed by atoms with E-state index in [-0.39, 0.29) is 42.3 Å². The smallest absolute Gasteiger partial charge is 0.417 e. The molecule has 9 nitrogen and oxygen atoms in total. The van der Waals surface area contributed by atoms with E-state index in [0.29, 0.717) is 39.4 Å². The molecule has 0 radical (unpaired) electrons. The van der Waals surface area contributed by atoms with Crippen LogP contribution in [0.2, 0.25) is 10.0 Å². The minimum absolute atomic E-state index is 0.00504. The van der Waals surface area contributed by atoms with Crippen LogP contribution in [-0.4, -0.2) is 49.7 Å². The van der Waals surface area contributed by atoms with Gasteiger partial charge in [-0.3, -0.25) is 29.5 Å². The van der Waals surface area contributed by atoms with Gasteiger partial charge in [-0.2, -0.15) is 18.2 Å². The number of nitrogens with zero attached hydrogens (tertiary/aromatic N) is 3. The van der Waals surface area contributed by atoms with Gasteiger partial charge in [-0.15, -0.1) is 0 Å². The van der Waals surface area contributed by atoms with Gasteiger partial charge in [0, 0.05) is 34.1 Å². The second-order valence-electron chi connectivity index (χ2n) is 15.5. The fourth-order valence-corrected chi connectivity index (χ4v) is 10.7. The molecule has 1 aromatic heterocycles. The fourth-order valence-electron chi connectivity index (χ4n) is 10.4. The molecule has 6 atom stereocenters. The SMILES string of the molecule is O=C1[C@@H]2C[C@@H]3C(=CC[C@@H]4C(=O)N(C5CCCCC5)C(=O)[C@@H]43)[C@H](c3ccc4ccccc4c3O)[C@]2(c2ccc(Cl)cc2)C(=O)N1Nc1ncc(C(F)(F)F)cc1Cl. The highest BCUT2D eigenvalue weighted by Gasteiger charge is 2.71. The molecule has 2 saturated carbocycles. The Morgan fingerprint density at radius 2 is 1.61 bits per heavy atom. The van der Waals surface area contributed by atoms with Crippen LogP contribution in [0.15, 0.2) is 84.6 Å². The Labute approximate surface area is 329 Å². The molecule has 0 spiro atoms. The molecule has 2 saturated heterocycles. The molecule has 5 aliphatic rings. The largest absolute Gasteiger partial charge is 0.507 e. The molecule has 56 heavy (non-hydrogen) atoms. The number of aromatic hydroxyl groups is 1. The zero-order valence-corrected chi connectivity index (χ0v) is 31.2. The highest BCUT2D eigenvalue weighted by Crippen LogP contribution is 2.65. The number of halogens is 5. The average Bonchev–Trinajstić information content (AvgIpc) is 3.57. The lowest BCUT2D eigenvalue weighted by molar-refractivity contribution is -0.144. The number of anilines is 1. The van der Waals surface area contributed by atoms with E-state index in [1.165, 1.54) is 4.90 Å². The van der Waals surface area contributed by atoms with Crippen molar-refractivity contribution >= 4 is 63.4 Å². The lowest BCUT2D eigenvalue weighted by Gasteiger charge is -2.50. The first kappa shape index (κ1) is 36.7. The molecule has 0 bridgehead atoms. The van der Waals surface area contributed by atoms with Crippen molar-refractivity contribution in [2.24, 2.45) is 23.7 Å². The Morgan fingerprint density at radius 3 is 2.32 bits per heavy atom. The summed E-state index contributed by atoms with van der Waals surface area (Å²) in [7, 11) is 0. The summed E-state index contributed by atoms with van der Waals surface area (Å²) >= 11 is 12.7. The number of likely N-dealkylation sites (tertiary alicyclic amines) is 1. The van der Waals surface area contributed by atoms with Crippen molar-refractivity contribution in [3.63, 3.8) is 0 Å². The van der Waals surface area contributed by atoms with E-state index in [2.05, 4.69) is 10.4 Å². The number of hydrogen-bond acceptors (Lipinski definition) is 7. The third-order valence-corrected chi connectivity index (χ3v) is 13.3. The van der Waals surface area contributed by atoms with Gasteiger partial charge in [-0.05, 0) is 60.7 Å². The Morgan fingerprint density at radius 1 is 0.875 bits per heavy atom. The summed E-state index contributed by atoms with van der Waals surface area (Å²) in [5.41, 5.74) is 1.16. The Kier molecular flexibility index (Phi) is 8.73. The number of hydrazine groups is 1. The molecule has 14 heteroatoms. The predicted octanol–water partition coefficient (Wildman–Crippen LogP) is 8.58. The Balaban J connectivity index is 1.24. The van der Waals surface area contributed by atoms with Crippen LogP contribution in [0.1, 0.15) is 67.6 Å². The number of pyridine rings is 1. The molecule has 288 valence electrons. The van der Waals surface area contributed by atoms with Gasteiger partial charge in [0.2, 0.25) is 11.8 Å². The van der Waals surface area contributed by atoms with Crippen molar-refractivity contribution < 1.29 is 37.5 Å². The first-order valence-electron chi connectivity index (χ1n) is 18.7. The number of imide groups is 2. The molecule has 0 unspecified atom stereocenters. The second kappa shape index (κ2) is 13.3. The van der Waals surface area contributed by atoms with Crippen molar-refractivity contribution in [3.05, 3.63) is 111 Å². The zero-order valence-electron chi connectivity index (χ0n) is 29.7. The molecule has 4 amide bonds. The van der Waals surface area contributed by atoms with Crippen LogP contribution < -0.4 is 5.43 Å². The first-order valence-corrected chi connectivity index (χ1v) is 19.5. The third-order valence-electron chi connectivity index (χ3n) is 12.8. The molecule has 4 aromatic rings. The minimum atomic E-state index is -4.75. The molecule has 2 aliphatic heterocycles. The van der Waals surface area contributed by atoms with E-state index in [9.17, 15) is 32.7 Å². The van der Waals surface area contributed by atoms with E-state index < -0.39 is 63.6 Å². The summed E-state index contributed by atoms with van der Waals surface area (Å²) in [6, 6.07) is 17.7. The van der Waals surface area contributed by atoms with Gasteiger partial charge in [-0.1, -0.05) is 103 Å². The molecule has 3 aliphatic carbocycles. The fraction of sp³-hybridized carbons (Fsp3) is 0.357. The number of rotatable bonds is 5. The summed E-state index contributed by atoms with van der Waals surface area (Å²) < 4.78 is 40.6. The number of amides is 4.